The number of carbonyl (C=O) groups is 3. The van der Waals surface area contributed by atoms with Crippen LogP contribution in [0.1, 0.15) is 48.0 Å². The first-order valence-electron chi connectivity index (χ1n) is 7.60. The molecule has 7 heteroatoms. The Hall–Kier alpha value is -1.79. The van der Waals surface area contributed by atoms with E-state index in [1.165, 1.54) is 6.92 Å². The molecule has 0 N–H and O–H groups in total. The highest BCUT2D eigenvalue weighted by molar-refractivity contribution is 5.75. The molecule has 0 saturated carbocycles. The third kappa shape index (κ3) is 9.76. The minimum atomic E-state index is -0.855. The zero-order valence-electron chi connectivity index (χ0n) is 14.9. The Kier molecular flexibility index (Phi) is 8.64. The van der Waals surface area contributed by atoms with E-state index in [4.69, 9.17) is 18.9 Å². The summed E-state index contributed by atoms with van der Waals surface area (Å²) in [6, 6.07) is 0. The molecule has 0 fully saturated rings. The van der Waals surface area contributed by atoms with Gasteiger partial charge in [0.2, 0.25) is 0 Å². The molecule has 0 aromatic carbocycles. The molecule has 0 heterocycles. The fraction of sp³-hybridized carbons (Fsp3) is 0.812. The fourth-order valence-electron chi connectivity index (χ4n) is 1.23. The van der Waals surface area contributed by atoms with Crippen molar-refractivity contribution >= 4 is 18.1 Å². The molecular weight excluding hydrogens is 304 g/mol. The summed E-state index contributed by atoms with van der Waals surface area (Å²) in [7, 11) is 0. The molecule has 0 saturated heterocycles. The molecule has 0 aromatic heterocycles. The van der Waals surface area contributed by atoms with Crippen LogP contribution in [0.4, 0.5) is 4.79 Å². The first-order valence-corrected chi connectivity index (χ1v) is 7.60. The third-order valence-corrected chi connectivity index (χ3v) is 3.22. The van der Waals surface area contributed by atoms with E-state index >= 15 is 0 Å². The van der Waals surface area contributed by atoms with Crippen molar-refractivity contribution in [2.75, 3.05) is 26.4 Å². The topological polar surface area (TPSA) is 88.1 Å². The summed E-state index contributed by atoms with van der Waals surface area (Å²) < 4.78 is 19.7. The summed E-state index contributed by atoms with van der Waals surface area (Å²) in [5.74, 6) is -0.725. The maximum atomic E-state index is 11.7. The predicted octanol–water partition coefficient (Wildman–Crippen LogP) is 2.71. The van der Waals surface area contributed by atoms with E-state index in [1.807, 2.05) is 6.92 Å². The van der Waals surface area contributed by atoms with E-state index < -0.39 is 23.0 Å². The van der Waals surface area contributed by atoms with Crippen LogP contribution in [0.2, 0.25) is 0 Å². The molecule has 0 spiro atoms. The zero-order chi connectivity index (χ0) is 18.1. The minimum Gasteiger partial charge on any atom is -0.465 e. The van der Waals surface area contributed by atoms with Crippen LogP contribution in [0, 0.1) is 10.8 Å². The van der Waals surface area contributed by atoms with Crippen LogP contribution in [0.25, 0.3) is 0 Å². The van der Waals surface area contributed by atoms with Crippen LogP contribution in [0.5, 0.6) is 0 Å². The SMILES string of the molecule is CCC(C)(C)C(=O)OCCOC(=O)OCC(C)(C)COC(C)=O. The molecule has 0 unspecified atom stereocenters. The molecule has 0 bridgehead atoms. The number of hydrogen-bond acceptors (Lipinski definition) is 7. The van der Waals surface area contributed by atoms with Gasteiger partial charge in [-0.15, -0.1) is 0 Å². The normalized spacial score (nSPS) is 11.6. The maximum Gasteiger partial charge on any atom is 0.508 e. The van der Waals surface area contributed by atoms with Gasteiger partial charge in [-0.05, 0) is 20.3 Å². The molecule has 23 heavy (non-hydrogen) atoms. The van der Waals surface area contributed by atoms with Crippen LogP contribution in [-0.2, 0) is 28.5 Å². The highest BCUT2D eigenvalue weighted by Crippen LogP contribution is 2.21. The Balaban J connectivity index is 3.92. The van der Waals surface area contributed by atoms with Crippen LogP contribution in [-0.4, -0.2) is 44.5 Å². The summed E-state index contributed by atoms with van der Waals surface area (Å²) >= 11 is 0. The van der Waals surface area contributed by atoms with E-state index in [2.05, 4.69) is 0 Å². The van der Waals surface area contributed by atoms with Gasteiger partial charge in [0.25, 0.3) is 0 Å². The lowest BCUT2D eigenvalue weighted by molar-refractivity contribution is -0.155. The average molecular weight is 332 g/mol. The van der Waals surface area contributed by atoms with Crippen LogP contribution >= 0.6 is 0 Å². The summed E-state index contributed by atoms with van der Waals surface area (Å²) in [4.78, 5) is 33.9. The predicted molar refractivity (Wildman–Crippen MR) is 82.7 cm³/mol. The first kappa shape index (κ1) is 21.2. The molecule has 0 aromatic rings. The maximum absolute atomic E-state index is 11.7. The lowest BCUT2D eigenvalue weighted by Crippen LogP contribution is -2.29. The van der Waals surface area contributed by atoms with Gasteiger partial charge in [-0.3, -0.25) is 9.59 Å². The summed E-state index contributed by atoms with van der Waals surface area (Å²) in [6.45, 7) is 10.4. The molecule has 0 aliphatic carbocycles. The van der Waals surface area contributed by atoms with Gasteiger partial charge in [0.15, 0.2) is 0 Å². The molecule has 0 radical (unpaired) electrons. The summed E-state index contributed by atoms with van der Waals surface area (Å²) in [6.07, 6.45) is -0.196. The van der Waals surface area contributed by atoms with Gasteiger partial charge >= 0.3 is 18.1 Å². The van der Waals surface area contributed by atoms with Gasteiger partial charge in [0, 0.05) is 12.3 Å². The van der Waals surface area contributed by atoms with Gasteiger partial charge < -0.3 is 18.9 Å². The van der Waals surface area contributed by atoms with Crippen LogP contribution < -0.4 is 0 Å². The monoisotopic (exact) mass is 332 g/mol. The second kappa shape index (κ2) is 9.37. The first-order chi connectivity index (χ1) is 10.5. The van der Waals surface area contributed by atoms with Crippen LogP contribution in [0.3, 0.4) is 0 Å². The van der Waals surface area contributed by atoms with E-state index in [1.54, 1.807) is 27.7 Å². The van der Waals surface area contributed by atoms with Crippen molar-refractivity contribution in [3.63, 3.8) is 0 Å². The van der Waals surface area contributed by atoms with E-state index in [-0.39, 0.29) is 32.4 Å². The smallest absolute Gasteiger partial charge is 0.465 e. The van der Waals surface area contributed by atoms with Crippen molar-refractivity contribution in [1.29, 1.82) is 0 Å². The molecule has 134 valence electrons. The van der Waals surface area contributed by atoms with E-state index in [9.17, 15) is 14.4 Å². The molecular formula is C16H28O7. The number of ether oxygens (including phenoxy) is 4. The Morgan fingerprint density at radius 1 is 0.826 bits per heavy atom. The lowest BCUT2D eigenvalue weighted by atomic mass is 9.91. The number of carbonyl (C=O) groups excluding carboxylic acids is 3. The van der Waals surface area contributed by atoms with Crippen LogP contribution in [0.15, 0.2) is 0 Å². The molecule has 0 atom stereocenters. The minimum absolute atomic E-state index is 0.0196. The van der Waals surface area contributed by atoms with Gasteiger partial charge in [-0.25, -0.2) is 4.79 Å². The zero-order valence-corrected chi connectivity index (χ0v) is 14.9. The highest BCUT2D eigenvalue weighted by Gasteiger charge is 2.27. The number of hydrogen-bond donors (Lipinski definition) is 0. The second-order valence-corrected chi connectivity index (χ2v) is 6.70. The average Bonchev–Trinajstić information content (AvgIpc) is 2.47. The fourth-order valence-corrected chi connectivity index (χ4v) is 1.23. The molecule has 0 rings (SSSR count). The Morgan fingerprint density at radius 2 is 1.35 bits per heavy atom. The van der Waals surface area contributed by atoms with Crippen molar-refractivity contribution in [3.05, 3.63) is 0 Å². The summed E-state index contributed by atoms with van der Waals surface area (Å²) in [5.41, 5.74) is -1.07. The van der Waals surface area contributed by atoms with Gasteiger partial charge in [-0.1, -0.05) is 20.8 Å². The number of esters is 2. The Labute approximate surface area is 137 Å². The van der Waals surface area contributed by atoms with Crippen molar-refractivity contribution in [1.82, 2.24) is 0 Å². The summed E-state index contributed by atoms with van der Waals surface area (Å²) in [5, 5.41) is 0. The lowest BCUT2D eigenvalue weighted by Gasteiger charge is -2.23. The van der Waals surface area contributed by atoms with Crippen molar-refractivity contribution in [3.8, 4) is 0 Å². The van der Waals surface area contributed by atoms with Gasteiger partial charge in [0.05, 0.1) is 12.0 Å². The Morgan fingerprint density at radius 3 is 1.87 bits per heavy atom. The standard InChI is InChI=1S/C16H28O7/c1-7-16(5,6)13(18)20-8-9-21-14(19)23-11-15(3,4)10-22-12(2)17/h7-11H2,1-6H3. The molecule has 0 amide bonds. The van der Waals surface area contributed by atoms with E-state index in [0.717, 1.165) is 0 Å². The van der Waals surface area contributed by atoms with Gasteiger partial charge in [0.1, 0.15) is 19.8 Å². The molecule has 7 nitrogen and oxygen atoms in total. The third-order valence-electron chi connectivity index (χ3n) is 3.22. The van der Waals surface area contributed by atoms with Crippen molar-refractivity contribution in [2.45, 2.75) is 48.0 Å². The quantitative estimate of drug-likeness (QED) is 0.364. The highest BCUT2D eigenvalue weighted by atomic mass is 16.7. The number of rotatable bonds is 9. The molecule has 0 aliphatic heterocycles. The van der Waals surface area contributed by atoms with Gasteiger partial charge in [-0.2, -0.15) is 0 Å². The Bertz CT molecular complexity index is 413. The second-order valence-electron chi connectivity index (χ2n) is 6.70. The van der Waals surface area contributed by atoms with Crippen molar-refractivity contribution < 1.29 is 33.3 Å². The van der Waals surface area contributed by atoms with E-state index in [0.29, 0.717) is 6.42 Å². The molecule has 0 aliphatic rings. The largest absolute Gasteiger partial charge is 0.508 e. The van der Waals surface area contributed by atoms with Crippen molar-refractivity contribution in [2.24, 2.45) is 10.8 Å².